The topological polar surface area (TPSA) is 125 Å². The van der Waals surface area contributed by atoms with E-state index in [9.17, 15) is 19.8 Å². The first-order valence-electron chi connectivity index (χ1n) is 11.2. The normalized spacial score (nSPS) is 16.9. The predicted octanol–water partition coefficient (Wildman–Crippen LogP) is 4.92. The molecule has 3 heterocycles. The minimum atomic E-state index is -1.23. The fourth-order valence-corrected chi connectivity index (χ4v) is 4.69. The van der Waals surface area contributed by atoms with E-state index in [0.717, 1.165) is 17.4 Å². The molecule has 1 fully saturated rings. The van der Waals surface area contributed by atoms with Crippen LogP contribution in [0.25, 0.3) is 11.3 Å². The highest BCUT2D eigenvalue weighted by Crippen LogP contribution is 2.43. The second-order valence-corrected chi connectivity index (χ2v) is 8.69. The summed E-state index contributed by atoms with van der Waals surface area (Å²) in [5.41, 5.74) is 1.60. The summed E-state index contributed by atoms with van der Waals surface area (Å²) in [7, 11) is 1.59. The number of benzene rings is 2. The van der Waals surface area contributed by atoms with Crippen LogP contribution in [-0.4, -0.2) is 39.4 Å². The molecule has 2 aromatic heterocycles. The molecule has 10 heteroatoms. The van der Waals surface area contributed by atoms with E-state index in [0.29, 0.717) is 27.9 Å². The molecule has 5 rings (SSSR count). The lowest BCUT2D eigenvalue weighted by Crippen LogP contribution is -2.29. The van der Waals surface area contributed by atoms with Crippen molar-refractivity contribution in [3.8, 4) is 17.1 Å². The predicted molar refractivity (Wildman–Crippen MR) is 139 cm³/mol. The van der Waals surface area contributed by atoms with Crippen molar-refractivity contribution in [1.82, 2.24) is 10.3 Å². The number of thiocarbonyl (C=S) groups is 1. The third kappa shape index (κ3) is 4.62. The highest BCUT2D eigenvalue weighted by Gasteiger charge is 2.42. The third-order valence-electron chi connectivity index (χ3n) is 6.08. The van der Waals surface area contributed by atoms with Gasteiger partial charge in [0.1, 0.15) is 23.3 Å². The highest BCUT2D eigenvalue weighted by molar-refractivity contribution is 7.80. The summed E-state index contributed by atoms with van der Waals surface area (Å²) in [5, 5.41) is 22.7. The summed E-state index contributed by atoms with van der Waals surface area (Å²) in [6.07, 6.45) is 1.70. The van der Waals surface area contributed by atoms with Gasteiger partial charge in [-0.2, -0.15) is 0 Å². The van der Waals surface area contributed by atoms with Crippen LogP contribution in [-0.2, 0) is 0 Å². The molecule has 0 saturated carbocycles. The zero-order valence-electron chi connectivity index (χ0n) is 19.5. The lowest BCUT2D eigenvalue weighted by atomic mass is 10.0. The second kappa shape index (κ2) is 9.75. The Balaban J connectivity index is 1.60. The molecule has 9 nitrogen and oxygen atoms in total. The molecule has 1 aliphatic heterocycles. The molecule has 186 valence electrons. The lowest BCUT2D eigenvalue weighted by molar-refractivity contribution is 0.0696. The smallest absolute Gasteiger partial charge is 0.335 e. The summed E-state index contributed by atoms with van der Waals surface area (Å²) in [5.74, 6) is -0.906. The molecule has 1 aliphatic rings. The van der Waals surface area contributed by atoms with Gasteiger partial charge in [0.05, 0.1) is 30.0 Å². The summed E-state index contributed by atoms with van der Waals surface area (Å²) >= 11 is 5.71. The van der Waals surface area contributed by atoms with E-state index in [1.807, 2.05) is 47.4 Å². The van der Waals surface area contributed by atoms with Crippen LogP contribution in [0.2, 0.25) is 0 Å². The van der Waals surface area contributed by atoms with E-state index in [2.05, 4.69) is 10.3 Å². The zero-order chi connectivity index (χ0) is 26.1. The Kier molecular flexibility index (Phi) is 6.33. The Morgan fingerprint density at radius 3 is 2.30 bits per heavy atom. The maximum absolute atomic E-state index is 11.6. The summed E-state index contributed by atoms with van der Waals surface area (Å²) in [6.45, 7) is 0. The average molecular weight is 516 g/mol. The molecule has 3 N–H and O–H groups in total. The first-order chi connectivity index (χ1) is 17.9. The van der Waals surface area contributed by atoms with Gasteiger partial charge in [-0.1, -0.05) is 6.07 Å². The van der Waals surface area contributed by atoms with Crippen LogP contribution < -0.4 is 15.0 Å². The molecule has 0 radical (unpaired) electrons. The Labute approximate surface area is 216 Å². The SMILES string of the molecule is COc1ccc(N2C(=S)NC(c3ccccn3)C2c2ccc(-c3cc(C(=O)O)cc(C(=O)O)c3)o2)cc1. The number of nitrogens with zero attached hydrogens (tertiary/aromatic N) is 2. The number of hydrogen-bond acceptors (Lipinski definition) is 6. The van der Waals surface area contributed by atoms with Gasteiger partial charge >= 0.3 is 11.9 Å². The standard InChI is InChI=1S/C27H21N3O6S/c1-35-19-7-5-18(6-8-19)30-24(23(29-27(30)37)20-4-2-3-11-28-20)22-10-9-21(36-22)15-12-16(25(31)32)14-17(13-15)26(33)34/h2-14,23-24H,1H3,(H,29,37)(H,31,32)(H,33,34). The molecule has 4 aromatic rings. The van der Waals surface area contributed by atoms with E-state index in [1.54, 1.807) is 25.4 Å². The largest absolute Gasteiger partial charge is 0.497 e. The molecule has 0 bridgehead atoms. The minimum absolute atomic E-state index is 0.150. The van der Waals surface area contributed by atoms with Crippen molar-refractivity contribution < 1.29 is 29.0 Å². The number of aromatic carboxylic acids is 2. The number of furan rings is 1. The van der Waals surface area contributed by atoms with Crippen molar-refractivity contribution in [2.45, 2.75) is 12.1 Å². The third-order valence-corrected chi connectivity index (χ3v) is 6.39. The fraction of sp³-hybridized carbons (Fsp3) is 0.111. The molecule has 0 amide bonds. The van der Waals surface area contributed by atoms with Gasteiger partial charge in [0, 0.05) is 17.4 Å². The zero-order valence-corrected chi connectivity index (χ0v) is 20.3. The molecule has 0 aliphatic carbocycles. The number of ether oxygens (including phenoxy) is 1. The molecule has 2 atom stereocenters. The summed E-state index contributed by atoms with van der Waals surface area (Å²) in [4.78, 5) is 29.6. The van der Waals surface area contributed by atoms with E-state index >= 15 is 0 Å². The van der Waals surface area contributed by atoms with Gasteiger partial charge in [-0.3, -0.25) is 4.98 Å². The van der Waals surface area contributed by atoms with Gasteiger partial charge in [-0.15, -0.1) is 0 Å². The lowest BCUT2D eigenvalue weighted by Gasteiger charge is -2.26. The highest BCUT2D eigenvalue weighted by atomic mass is 32.1. The average Bonchev–Trinajstić information content (AvgIpc) is 3.53. The number of aromatic nitrogens is 1. The van der Waals surface area contributed by atoms with Crippen molar-refractivity contribution in [3.63, 3.8) is 0 Å². The Morgan fingerprint density at radius 2 is 1.70 bits per heavy atom. The Hall–Kier alpha value is -4.70. The molecule has 0 spiro atoms. The van der Waals surface area contributed by atoms with Crippen LogP contribution in [0.15, 0.2) is 83.4 Å². The van der Waals surface area contributed by atoms with Crippen LogP contribution in [0.5, 0.6) is 5.75 Å². The van der Waals surface area contributed by atoms with Crippen molar-refractivity contribution in [2.24, 2.45) is 0 Å². The van der Waals surface area contributed by atoms with E-state index in [4.69, 9.17) is 21.4 Å². The number of rotatable bonds is 7. The van der Waals surface area contributed by atoms with Crippen LogP contribution in [0.1, 0.15) is 44.3 Å². The molecule has 2 aromatic carbocycles. The van der Waals surface area contributed by atoms with Gasteiger partial charge in [0.15, 0.2) is 5.11 Å². The van der Waals surface area contributed by atoms with Gasteiger partial charge < -0.3 is 29.6 Å². The first-order valence-corrected chi connectivity index (χ1v) is 11.6. The first kappa shape index (κ1) is 24.0. The Morgan fingerprint density at radius 1 is 1.00 bits per heavy atom. The summed E-state index contributed by atoms with van der Waals surface area (Å²) in [6, 6.07) is 19.6. The van der Waals surface area contributed by atoms with E-state index < -0.39 is 18.0 Å². The van der Waals surface area contributed by atoms with Crippen molar-refractivity contribution in [2.75, 3.05) is 12.0 Å². The van der Waals surface area contributed by atoms with Crippen molar-refractivity contribution in [3.05, 3.63) is 102 Å². The van der Waals surface area contributed by atoms with E-state index in [1.165, 1.54) is 12.1 Å². The number of pyridine rings is 1. The summed E-state index contributed by atoms with van der Waals surface area (Å²) < 4.78 is 11.5. The van der Waals surface area contributed by atoms with Gasteiger partial charge in [-0.05, 0) is 78.9 Å². The van der Waals surface area contributed by atoms with E-state index in [-0.39, 0.29) is 17.2 Å². The maximum Gasteiger partial charge on any atom is 0.335 e. The molecule has 2 unspecified atom stereocenters. The number of carboxylic acid groups (broad SMARTS) is 2. The number of nitrogens with one attached hydrogen (secondary N) is 1. The fourth-order valence-electron chi connectivity index (χ4n) is 4.35. The molecular formula is C27H21N3O6S. The quantitative estimate of drug-likeness (QED) is 0.292. The van der Waals surface area contributed by atoms with Gasteiger partial charge in [0.2, 0.25) is 0 Å². The Bertz CT molecular complexity index is 1450. The van der Waals surface area contributed by atoms with Crippen LogP contribution in [0, 0.1) is 0 Å². The van der Waals surface area contributed by atoms with Crippen molar-refractivity contribution >= 4 is 35.0 Å². The monoisotopic (exact) mass is 515 g/mol. The van der Waals surface area contributed by atoms with Gasteiger partial charge in [0.25, 0.3) is 0 Å². The number of carbonyl (C=O) groups is 2. The van der Waals surface area contributed by atoms with Crippen molar-refractivity contribution in [1.29, 1.82) is 0 Å². The molecule has 1 saturated heterocycles. The number of anilines is 1. The molecule has 37 heavy (non-hydrogen) atoms. The van der Waals surface area contributed by atoms with Gasteiger partial charge in [-0.25, -0.2) is 9.59 Å². The second-order valence-electron chi connectivity index (χ2n) is 8.31. The maximum atomic E-state index is 11.6. The van der Waals surface area contributed by atoms with Crippen LogP contribution in [0.3, 0.4) is 0 Å². The number of hydrogen-bond donors (Lipinski definition) is 3. The number of carboxylic acids is 2. The van der Waals surface area contributed by atoms with Crippen LogP contribution >= 0.6 is 12.2 Å². The van der Waals surface area contributed by atoms with Crippen LogP contribution in [0.4, 0.5) is 5.69 Å². The minimum Gasteiger partial charge on any atom is -0.497 e. The molecular weight excluding hydrogens is 494 g/mol. The number of methoxy groups -OCH3 is 1.